The molecule has 27 heavy (non-hydrogen) atoms. The Kier molecular flexibility index (Phi) is 7.94. The van der Waals surface area contributed by atoms with Crippen LogP contribution in [0.5, 0.6) is 11.5 Å². The van der Waals surface area contributed by atoms with E-state index in [0.717, 1.165) is 10.0 Å². The van der Waals surface area contributed by atoms with E-state index in [4.69, 9.17) is 21.1 Å². The number of amides is 2. The topological polar surface area (TPSA) is 76.7 Å². The molecule has 0 aliphatic heterocycles. The molecule has 2 aromatic rings. The number of hydrazine groups is 1. The summed E-state index contributed by atoms with van der Waals surface area (Å²) in [6, 6.07) is 10.4. The number of ether oxygens (including phenoxy) is 2. The second-order valence-corrected chi connectivity index (χ2v) is 7.78. The van der Waals surface area contributed by atoms with Crippen LogP contribution in [0.15, 0.2) is 45.3 Å². The van der Waals surface area contributed by atoms with Gasteiger partial charge in [-0.15, -0.1) is 0 Å². The molecule has 1 unspecified atom stereocenters. The second-order valence-electron chi connectivity index (χ2n) is 5.57. The van der Waals surface area contributed by atoms with Gasteiger partial charge in [0.1, 0.15) is 11.5 Å². The molecule has 0 spiro atoms. The zero-order valence-electron chi connectivity index (χ0n) is 14.5. The van der Waals surface area contributed by atoms with Crippen molar-refractivity contribution in [1.29, 1.82) is 0 Å². The maximum absolute atomic E-state index is 12.1. The number of carbonyl (C=O) groups is 2. The van der Waals surface area contributed by atoms with E-state index in [-0.39, 0.29) is 6.61 Å². The molecule has 2 N–H and O–H groups in total. The van der Waals surface area contributed by atoms with Gasteiger partial charge in [0, 0.05) is 9.50 Å². The summed E-state index contributed by atoms with van der Waals surface area (Å²) in [5, 5.41) is 0.541. The molecule has 0 saturated heterocycles. The Hall–Kier alpha value is -1.77. The van der Waals surface area contributed by atoms with Crippen LogP contribution < -0.4 is 20.3 Å². The summed E-state index contributed by atoms with van der Waals surface area (Å²) in [4.78, 5) is 23.9. The lowest BCUT2D eigenvalue weighted by atomic mass is 10.2. The number of carbonyl (C=O) groups excluding carboxylic acids is 2. The van der Waals surface area contributed by atoms with Gasteiger partial charge in [-0.25, -0.2) is 0 Å². The summed E-state index contributed by atoms with van der Waals surface area (Å²) in [5.74, 6) is 0.0435. The van der Waals surface area contributed by atoms with Crippen LogP contribution in [0, 0.1) is 6.92 Å². The normalized spacial score (nSPS) is 11.4. The van der Waals surface area contributed by atoms with Crippen molar-refractivity contribution < 1.29 is 19.1 Å². The van der Waals surface area contributed by atoms with Crippen LogP contribution >= 0.6 is 43.5 Å². The number of benzene rings is 2. The standard InChI is InChI=1S/C18H17Br2ClN2O4/c1-10-7-12(19)3-5-15(10)26-9-17(24)22-23-18(25)11(2)27-16-6-4-13(21)8-14(16)20/h3-8,11H,9H2,1-2H3,(H,22,24)(H,23,25). The van der Waals surface area contributed by atoms with Gasteiger partial charge in [-0.3, -0.25) is 20.4 Å². The molecule has 144 valence electrons. The Balaban J connectivity index is 1.79. The molecule has 2 rings (SSSR count). The first-order valence-electron chi connectivity index (χ1n) is 7.85. The third-order valence-corrected chi connectivity index (χ3v) is 4.74. The predicted molar refractivity (Wildman–Crippen MR) is 110 cm³/mol. The zero-order chi connectivity index (χ0) is 20.0. The Morgan fingerprint density at radius 2 is 1.81 bits per heavy atom. The van der Waals surface area contributed by atoms with Gasteiger partial charge in [-0.1, -0.05) is 27.5 Å². The molecule has 0 aliphatic rings. The molecule has 0 heterocycles. The fourth-order valence-corrected chi connectivity index (χ4v) is 3.25. The molecule has 2 aromatic carbocycles. The monoisotopic (exact) mass is 518 g/mol. The fourth-order valence-electron chi connectivity index (χ4n) is 2.00. The van der Waals surface area contributed by atoms with E-state index in [1.54, 1.807) is 31.2 Å². The molecular weight excluding hydrogens is 503 g/mol. The maximum atomic E-state index is 12.1. The maximum Gasteiger partial charge on any atom is 0.279 e. The fraction of sp³-hybridized carbons (Fsp3) is 0.222. The summed E-state index contributed by atoms with van der Waals surface area (Å²) in [7, 11) is 0. The van der Waals surface area contributed by atoms with Gasteiger partial charge >= 0.3 is 0 Å². The van der Waals surface area contributed by atoms with Gasteiger partial charge in [-0.2, -0.15) is 0 Å². The molecule has 0 radical (unpaired) electrons. The second kappa shape index (κ2) is 9.96. The van der Waals surface area contributed by atoms with Crippen molar-refractivity contribution in [2.45, 2.75) is 20.0 Å². The quantitative estimate of drug-likeness (QED) is 0.561. The first-order valence-corrected chi connectivity index (χ1v) is 9.82. The van der Waals surface area contributed by atoms with Gasteiger partial charge in [0.25, 0.3) is 11.8 Å². The molecule has 0 aromatic heterocycles. The van der Waals surface area contributed by atoms with Crippen molar-refractivity contribution in [3.63, 3.8) is 0 Å². The van der Waals surface area contributed by atoms with Gasteiger partial charge in [0.05, 0.1) is 4.47 Å². The third-order valence-electron chi connectivity index (χ3n) is 3.39. The van der Waals surface area contributed by atoms with Crippen LogP contribution in [0.4, 0.5) is 0 Å². The molecule has 1 atom stereocenters. The highest BCUT2D eigenvalue weighted by Crippen LogP contribution is 2.28. The van der Waals surface area contributed by atoms with Crippen molar-refractivity contribution >= 4 is 55.3 Å². The largest absolute Gasteiger partial charge is 0.483 e. The summed E-state index contributed by atoms with van der Waals surface area (Å²) < 4.78 is 12.5. The van der Waals surface area contributed by atoms with E-state index < -0.39 is 17.9 Å². The van der Waals surface area contributed by atoms with Gasteiger partial charge in [-0.05, 0) is 71.7 Å². The summed E-state index contributed by atoms with van der Waals surface area (Å²) in [6.07, 6.45) is -0.836. The molecule has 0 aliphatic carbocycles. The van der Waals surface area contributed by atoms with Crippen molar-refractivity contribution in [3.05, 3.63) is 55.9 Å². The average molecular weight is 521 g/mol. The number of nitrogens with one attached hydrogen (secondary N) is 2. The highest BCUT2D eigenvalue weighted by atomic mass is 79.9. The number of aryl methyl sites for hydroxylation is 1. The minimum absolute atomic E-state index is 0.235. The lowest BCUT2D eigenvalue weighted by molar-refractivity contribution is -0.133. The Bertz CT molecular complexity index is 848. The van der Waals surface area contributed by atoms with E-state index in [1.165, 1.54) is 0 Å². The van der Waals surface area contributed by atoms with Crippen molar-refractivity contribution in [2.75, 3.05) is 6.61 Å². The van der Waals surface area contributed by atoms with Crippen LogP contribution in [0.3, 0.4) is 0 Å². The van der Waals surface area contributed by atoms with E-state index >= 15 is 0 Å². The molecule has 0 bridgehead atoms. The Morgan fingerprint density at radius 1 is 1.11 bits per heavy atom. The third kappa shape index (κ3) is 6.71. The van der Waals surface area contributed by atoms with Crippen LogP contribution in [0.25, 0.3) is 0 Å². The molecular formula is C18H17Br2ClN2O4. The number of hydrogen-bond acceptors (Lipinski definition) is 4. The average Bonchev–Trinajstić information content (AvgIpc) is 2.61. The number of hydrogen-bond donors (Lipinski definition) is 2. The zero-order valence-corrected chi connectivity index (χ0v) is 18.4. The summed E-state index contributed by atoms with van der Waals surface area (Å²) in [6.45, 7) is 3.19. The van der Waals surface area contributed by atoms with Crippen LogP contribution in [-0.4, -0.2) is 24.5 Å². The van der Waals surface area contributed by atoms with Crippen molar-refractivity contribution in [2.24, 2.45) is 0 Å². The van der Waals surface area contributed by atoms with Crippen LogP contribution in [-0.2, 0) is 9.59 Å². The molecule has 6 nitrogen and oxygen atoms in total. The first kappa shape index (κ1) is 21.5. The summed E-state index contributed by atoms with van der Waals surface area (Å²) in [5.41, 5.74) is 5.48. The summed E-state index contributed by atoms with van der Waals surface area (Å²) >= 11 is 12.5. The highest BCUT2D eigenvalue weighted by Gasteiger charge is 2.17. The van der Waals surface area contributed by atoms with E-state index in [2.05, 4.69) is 42.7 Å². The van der Waals surface area contributed by atoms with E-state index in [0.29, 0.717) is 21.0 Å². The molecule has 2 amide bonds. The van der Waals surface area contributed by atoms with Gasteiger partial charge < -0.3 is 9.47 Å². The van der Waals surface area contributed by atoms with Crippen LogP contribution in [0.1, 0.15) is 12.5 Å². The predicted octanol–water partition coefficient (Wildman–Crippen LogP) is 4.17. The Morgan fingerprint density at radius 3 is 2.48 bits per heavy atom. The smallest absolute Gasteiger partial charge is 0.279 e. The van der Waals surface area contributed by atoms with Crippen molar-refractivity contribution in [1.82, 2.24) is 10.9 Å². The molecule has 0 fully saturated rings. The Labute approximate surface area is 178 Å². The van der Waals surface area contributed by atoms with E-state index in [1.807, 2.05) is 19.1 Å². The number of rotatable bonds is 6. The minimum atomic E-state index is -0.836. The molecule has 9 heteroatoms. The SMILES string of the molecule is Cc1cc(Br)ccc1OCC(=O)NNC(=O)C(C)Oc1ccc(Cl)cc1Br. The van der Waals surface area contributed by atoms with Gasteiger partial charge in [0.2, 0.25) is 0 Å². The lowest BCUT2D eigenvalue weighted by Crippen LogP contribution is -2.48. The van der Waals surface area contributed by atoms with Crippen molar-refractivity contribution in [3.8, 4) is 11.5 Å². The minimum Gasteiger partial charge on any atom is -0.483 e. The molecule has 0 saturated carbocycles. The number of halogens is 3. The highest BCUT2D eigenvalue weighted by molar-refractivity contribution is 9.10. The van der Waals surface area contributed by atoms with Crippen LogP contribution in [0.2, 0.25) is 5.02 Å². The van der Waals surface area contributed by atoms with Gasteiger partial charge in [0.15, 0.2) is 12.7 Å². The lowest BCUT2D eigenvalue weighted by Gasteiger charge is -2.16. The van der Waals surface area contributed by atoms with E-state index in [9.17, 15) is 9.59 Å². The first-order chi connectivity index (χ1) is 12.8.